The largest absolute Gasteiger partial charge is 0.497 e. The van der Waals surface area contributed by atoms with E-state index in [1.165, 1.54) is 5.56 Å². The minimum atomic E-state index is 0.910. The molecule has 0 aliphatic heterocycles. The summed E-state index contributed by atoms with van der Waals surface area (Å²) >= 11 is 0. The first-order valence-electron chi connectivity index (χ1n) is 5.46. The van der Waals surface area contributed by atoms with Gasteiger partial charge < -0.3 is 9.47 Å². The lowest BCUT2D eigenvalue weighted by Crippen LogP contribution is -1.81. The highest BCUT2D eigenvalue weighted by molar-refractivity contribution is 5.27. The normalized spacial score (nSPS) is 8.88. The number of hydrogen-bond donors (Lipinski definition) is 0. The quantitative estimate of drug-likeness (QED) is 0.783. The van der Waals surface area contributed by atoms with Gasteiger partial charge in [0.05, 0.1) is 14.2 Å². The zero-order chi connectivity index (χ0) is 12.5. The second-order valence-electron chi connectivity index (χ2n) is 3.54. The summed E-state index contributed by atoms with van der Waals surface area (Å²) in [5, 5.41) is 0. The van der Waals surface area contributed by atoms with Gasteiger partial charge in [0.15, 0.2) is 0 Å². The van der Waals surface area contributed by atoms with Crippen LogP contribution in [0.5, 0.6) is 11.5 Å². The van der Waals surface area contributed by atoms with Crippen molar-refractivity contribution in [1.82, 2.24) is 0 Å². The minimum Gasteiger partial charge on any atom is -0.497 e. The molecule has 0 spiro atoms. The third-order valence-corrected chi connectivity index (χ3v) is 2.20. The van der Waals surface area contributed by atoms with Crippen molar-refractivity contribution in [2.45, 2.75) is 6.92 Å². The summed E-state index contributed by atoms with van der Waals surface area (Å²) in [6, 6.07) is 17.6. The molecule has 17 heavy (non-hydrogen) atoms. The molecular formula is C15H18O2. The van der Waals surface area contributed by atoms with Crippen LogP contribution in [0.3, 0.4) is 0 Å². The second-order valence-corrected chi connectivity index (χ2v) is 3.54. The van der Waals surface area contributed by atoms with E-state index in [0.717, 1.165) is 11.5 Å². The first-order valence-corrected chi connectivity index (χ1v) is 5.46. The van der Waals surface area contributed by atoms with Gasteiger partial charge in [-0.2, -0.15) is 0 Å². The number of rotatable bonds is 2. The summed E-state index contributed by atoms with van der Waals surface area (Å²) in [6.07, 6.45) is 0. The molecule has 0 saturated heterocycles. The van der Waals surface area contributed by atoms with Gasteiger partial charge in [0.2, 0.25) is 0 Å². The molecule has 2 rings (SSSR count). The molecule has 0 N–H and O–H groups in total. The Bertz CT molecular complexity index is 424. The molecule has 90 valence electrons. The summed E-state index contributed by atoms with van der Waals surface area (Å²) < 4.78 is 9.91. The fourth-order valence-corrected chi connectivity index (χ4v) is 1.30. The van der Waals surface area contributed by atoms with Crippen LogP contribution < -0.4 is 9.47 Å². The summed E-state index contributed by atoms with van der Waals surface area (Å²) in [5.41, 5.74) is 1.23. The Kier molecular flexibility index (Phi) is 5.66. The van der Waals surface area contributed by atoms with Crippen LogP contribution in [-0.2, 0) is 0 Å². The molecule has 0 heterocycles. The molecule has 0 atom stereocenters. The number of para-hydroxylation sites is 1. The molecule has 0 amide bonds. The van der Waals surface area contributed by atoms with Crippen LogP contribution in [0.25, 0.3) is 0 Å². The Labute approximate surface area is 103 Å². The van der Waals surface area contributed by atoms with E-state index < -0.39 is 0 Å². The van der Waals surface area contributed by atoms with Gasteiger partial charge in [-0.3, -0.25) is 0 Å². The highest BCUT2D eigenvalue weighted by Crippen LogP contribution is 2.10. The van der Waals surface area contributed by atoms with Crippen LogP contribution in [0.15, 0.2) is 54.6 Å². The van der Waals surface area contributed by atoms with Crippen molar-refractivity contribution in [2.75, 3.05) is 14.2 Å². The molecule has 0 fully saturated rings. The van der Waals surface area contributed by atoms with Gasteiger partial charge >= 0.3 is 0 Å². The average molecular weight is 230 g/mol. The van der Waals surface area contributed by atoms with E-state index in [1.807, 2.05) is 61.5 Å². The van der Waals surface area contributed by atoms with Gasteiger partial charge in [-0.05, 0) is 36.8 Å². The summed E-state index contributed by atoms with van der Waals surface area (Å²) in [7, 11) is 3.34. The molecule has 2 aromatic rings. The Morgan fingerprint density at radius 2 is 1.29 bits per heavy atom. The van der Waals surface area contributed by atoms with Crippen molar-refractivity contribution in [3.05, 3.63) is 60.2 Å². The monoisotopic (exact) mass is 230 g/mol. The molecule has 0 aromatic heterocycles. The standard InChI is InChI=1S/C8H10O.C7H8O/c1-7-4-3-5-8(6-7)9-2;1-8-7-5-3-2-4-6-7/h3-6H,1-2H3;2-6H,1H3. The van der Waals surface area contributed by atoms with Crippen molar-refractivity contribution < 1.29 is 9.47 Å². The van der Waals surface area contributed by atoms with Crippen molar-refractivity contribution in [1.29, 1.82) is 0 Å². The van der Waals surface area contributed by atoms with E-state index in [-0.39, 0.29) is 0 Å². The van der Waals surface area contributed by atoms with Crippen molar-refractivity contribution >= 4 is 0 Å². The molecule has 0 aliphatic rings. The van der Waals surface area contributed by atoms with Crippen LogP contribution in [0, 0.1) is 6.92 Å². The number of aryl methyl sites for hydroxylation is 1. The average Bonchev–Trinajstić information content (AvgIpc) is 2.40. The lowest BCUT2D eigenvalue weighted by Gasteiger charge is -1.97. The van der Waals surface area contributed by atoms with Gasteiger partial charge in [0, 0.05) is 0 Å². The summed E-state index contributed by atoms with van der Waals surface area (Å²) in [5.74, 6) is 1.84. The summed E-state index contributed by atoms with van der Waals surface area (Å²) in [6.45, 7) is 2.04. The number of methoxy groups -OCH3 is 2. The predicted molar refractivity (Wildman–Crippen MR) is 70.7 cm³/mol. The van der Waals surface area contributed by atoms with Crippen LogP contribution in [0.2, 0.25) is 0 Å². The van der Waals surface area contributed by atoms with Gasteiger partial charge in [-0.25, -0.2) is 0 Å². The van der Waals surface area contributed by atoms with E-state index in [4.69, 9.17) is 9.47 Å². The van der Waals surface area contributed by atoms with E-state index in [1.54, 1.807) is 14.2 Å². The van der Waals surface area contributed by atoms with Gasteiger partial charge in [0.25, 0.3) is 0 Å². The van der Waals surface area contributed by atoms with E-state index in [9.17, 15) is 0 Å². The first kappa shape index (κ1) is 13.1. The molecule has 2 aromatic carbocycles. The summed E-state index contributed by atoms with van der Waals surface area (Å²) in [4.78, 5) is 0. The van der Waals surface area contributed by atoms with Gasteiger partial charge in [0.1, 0.15) is 11.5 Å². The van der Waals surface area contributed by atoms with E-state index in [2.05, 4.69) is 0 Å². The molecular weight excluding hydrogens is 212 g/mol. The number of ether oxygens (including phenoxy) is 2. The fraction of sp³-hybridized carbons (Fsp3) is 0.200. The maximum Gasteiger partial charge on any atom is 0.119 e. The van der Waals surface area contributed by atoms with E-state index >= 15 is 0 Å². The van der Waals surface area contributed by atoms with Crippen LogP contribution in [0.1, 0.15) is 5.56 Å². The lowest BCUT2D eigenvalue weighted by molar-refractivity contribution is 0.414. The van der Waals surface area contributed by atoms with Crippen molar-refractivity contribution in [3.63, 3.8) is 0 Å². The predicted octanol–water partition coefficient (Wildman–Crippen LogP) is 3.70. The molecule has 0 radical (unpaired) electrons. The zero-order valence-electron chi connectivity index (χ0n) is 10.5. The Morgan fingerprint density at radius 3 is 1.71 bits per heavy atom. The highest BCUT2D eigenvalue weighted by Gasteiger charge is 1.86. The maximum absolute atomic E-state index is 5.00. The number of benzene rings is 2. The maximum atomic E-state index is 5.00. The van der Waals surface area contributed by atoms with Gasteiger partial charge in [-0.1, -0.05) is 30.3 Å². The second kappa shape index (κ2) is 7.34. The first-order chi connectivity index (χ1) is 8.26. The number of hydrogen-bond acceptors (Lipinski definition) is 2. The Balaban J connectivity index is 0.000000171. The Morgan fingerprint density at radius 1 is 0.706 bits per heavy atom. The smallest absolute Gasteiger partial charge is 0.119 e. The van der Waals surface area contributed by atoms with E-state index in [0.29, 0.717) is 0 Å². The molecule has 0 aliphatic carbocycles. The third kappa shape index (κ3) is 5.07. The Hall–Kier alpha value is -1.96. The third-order valence-electron chi connectivity index (χ3n) is 2.20. The molecule has 0 unspecified atom stereocenters. The topological polar surface area (TPSA) is 18.5 Å². The van der Waals surface area contributed by atoms with Crippen LogP contribution in [-0.4, -0.2) is 14.2 Å². The highest BCUT2D eigenvalue weighted by atomic mass is 16.5. The van der Waals surface area contributed by atoms with Crippen LogP contribution >= 0.6 is 0 Å². The SMILES string of the molecule is COc1cccc(C)c1.COc1ccccc1. The van der Waals surface area contributed by atoms with Crippen molar-refractivity contribution in [2.24, 2.45) is 0 Å². The zero-order valence-corrected chi connectivity index (χ0v) is 10.5. The fourth-order valence-electron chi connectivity index (χ4n) is 1.30. The van der Waals surface area contributed by atoms with Gasteiger partial charge in [-0.15, -0.1) is 0 Å². The van der Waals surface area contributed by atoms with Crippen molar-refractivity contribution in [3.8, 4) is 11.5 Å². The van der Waals surface area contributed by atoms with Crippen LogP contribution in [0.4, 0.5) is 0 Å². The molecule has 2 nitrogen and oxygen atoms in total. The molecule has 2 heteroatoms. The minimum absolute atomic E-state index is 0.910. The molecule has 0 saturated carbocycles. The lowest BCUT2D eigenvalue weighted by atomic mass is 10.2. The molecule has 0 bridgehead atoms.